The Balaban J connectivity index is 1.56. The average Bonchev–Trinajstić information content (AvgIpc) is 3.07. The van der Waals surface area contributed by atoms with E-state index in [1.165, 1.54) is 16.7 Å². The Morgan fingerprint density at radius 1 is 1.43 bits per heavy atom. The smallest absolute Gasteiger partial charge is 0.408 e. The van der Waals surface area contributed by atoms with E-state index in [1.807, 2.05) is 10.6 Å². The van der Waals surface area contributed by atoms with Crippen molar-refractivity contribution in [3.63, 3.8) is 0 Å². The second kappa shape index (κ2) is 7.31. The summed E-state index contributed by atoms with van der Waals surface area (Å²) in [5.74, 6) is -1.53. The minimum atomic E-state index is -1.42. The predicted molar refractivity (Wildman–Crippen MR) is 104 cm³/mol. The summed E-state index contributed by atoms with van der Waals surface area (Å²) in [4.78, 5) is 37.8. The van der Waals surface area contributed by atoms with Gasteiger partial charge < -0.3 is 20.0 Å². The molecule has 0 aliphatic carbocycles. The molecular weight excluding hydrogens is 410 g/mol. The van der Waals surface area contributed by atoms with Crippen LogP contribution in [0.4, 0.5) is 4.79 Å². The van der Waals surface area contributed by atoms with E-state index in [9.17, 15) is 19.5 Å². The van der Waals surface area contributed by atoms with E-state index >= 15 is 0 Å². The maximum atomic E-state index is 12.7. The molecular formula is C19H21N5O5S. The SMILES string of the molecule is CC(C)(C)OC(=O)N[C@@H]1C(=O)N2C(C(=O)[O-])=C(Cn3cc[n+]4ncccc34)CS[C@H]12. The Kier molecular flexibility index (Phi) is 4.92. The highest BCUT2D eigenvalue weighted by Gasteiger charge is 2.53. The first-order chi connectivity index (χ1) is 14.2. The molecule has 1 fully saturated rings. The van der Waals surface area contributed by atoms with E-state index in [0.29, 0.717) is 11.3 Å². The second-order valence-electron chi connectivity index (χ2n) is 8.03. The van der Waals surface area contributed by atoms with Crippen molar-refractivity contribution in [2.45, 2.75) is 44.3 Å². The number of aromatic nitrogens is 3. The lowest BCUT2D eigenvalue weighted by Crippen LogP contribution is -2.71. The molecule has 2 atom stereocenters. The lowest BCUT2D eigenvalue weighted by atomic mass is 10.0. The molecule has 0 unspecified atom stereocenters. The quantitative estimate of drug-likeness (QED) is 0.509. The van der Waals surface area contributed by atoms with Gasteiger partial charge in [0.2, 0.25) is 0 Å². The lowest BCUT2D eigenvalue weighted by molar-refractivity contribution is -0.579. The zero-order chi connectivity index (χ0) is 21.6. The number of aliphatic carboxylic acids is 1. The third-order valence-electron chi connectivity index (χ3n) is 4.71. The van der Waals surface area contributed by atoms with E-state index in [0.717, 1.165) is 5.65 Å². The van der Waals surface area contributed by atoms with Crippen molar-refractivity contribution in [2.75, 3.05) is 5.75 Å². The van der Waals surface area contributed by atoms with Gasteiger partial charge >= 0.3 is 11.7 Å². The third-order valence-corrected chi connectivity index (χ3v) is 6.05. The van der Waals surface area contributed by atoms with Gasteiger partial charge in [-0.1, -0.05) is 5.10 Å². The van der Waals surface area contributed by atoms with Crippen molar-refractivity contribution < 1.29 is 28.7 Å². The van der Waals surface area contributed by atoms with E-state index in [1.54, 1.807) is 49.9 Å². The van der Waals surface area contributed by atoms with Gasteiger partial charge in [-0.25, -0.2) is 9.36 Å². The molecule has 158 valence electrons. The van der Waals surface area contributed by atoms with Crippen LogP contribution < -0.4 is 14.9 Å². The predicted octanol–water partition coefficient (Wildman–Crippen LogP) is -0.566. The van der Waals surface area contributed by atoms with Crippen molar-refractivity contribution in [2.24, 2.45) is 0 Å². The van der Waals surface area contributed by atoms with Crippen LogP contribution in [0.3, 0.4) is 0 Å². The van der Waals surface area contributed by atoms with Crippen LogP contribution in [0, 0.1) is 0 Å². The Morgan fingerprint density at radius 2 is 2.20 bits per heavy atom. The Morgan fingerprint density at radius 3 is 2.90 bits per heavy atom. The van der Waals surface area contributed by atoms with Gasteiger partial charge in [-0.3, -0.25) is 9.69 Å². The van der Waals surface area contributed by atoms with E-state index in [-0.39, 0.29) is 12.2 Å². The minimum Gasteiger partial charge on any atom is -0.543 e. The van der Waals surface area contributed by atoms with Gasteiger partial charge in [-0.05, 0) is 26.8 Å². The Bertz CT molecular complexity index is 1070. The van der Waals surface area contributed by atoms with Crippen molar-refractivity contribution in [3.05, 3.63) is 42.0 Å². The number of β-lactam (4-membered cyclic amide) rings is 1. The maximum Gasteiger partial charge on any atom is 0.408 e. The number of amides is 2. The zero-order valence-electron chi connectivity index (χ0n) is 16.7. The van der Waals surface area contributed by atoms with Crippen LogP contribution in [0.2, 0.25) is 0 Å². The first kappa shape index (κ1) is 20.2. The molecule has 0 saturated carbocycles. The molecule has 2 aromatic heterocycles. The summed E-state index contributed by atoms with van der Waals surface area (Å²) in [6.45, 7) is 5.44. The normalized spacial score (nSPS) is 21.3. The molecule has 1 N–H and O–H groups in total. The molecule has 2 amide bonds. The van der Waals surface area contributed by atoms with E-state index < -0.39 is 35.0 Å². The number of rotatable bonds is 4. The molecule has 10 nitrogen and oxygen atoms in total. The molecule has 0 aromatic carbocycles. The highest BCUT2D eigenvalue weighted by atomic mass is 32.2. The summed E-state index contributed by atoms with van der Waals surface area (Å²) in [7, 11) is 0. The number of hydrogen-bond acceptors (Lipinski definition) is 7. The minimum absolute atomic E-state index is 0.137. The van der Waals surface area contributed by atoms with Crippen LogP contribution in [0.25, 0.3) is 5.65 Å². The van der Waals surface area contributed by atoms with Crippen LogP contribution in [-0.4, -0.2) is 55.3 Å². The lowest BCUT2D eigenvalue weighted by Gasteiger charge is -2.50. The third kappa shape index (κ3) is 3.60. The van der Waals surface area contributed by atoms with Crippen molar-refractivity contribution in [1.29, 1.82) is 0 Å². The Hall–Kier alpha value is -3.08. The zero-order valence-corrected chi connectivity index (χ0v) is 17.5. The summed E-state index contributed by atoms with van der Waals surface area (Å²) in [6.07, 6.45) is 4.50. The molecule has 11 heteroatoms. The summed E-state index contributed by atoms with van der Waals surface area (Å²) >= 11 is 1.39. The van der Waals surface area contributed by atoms with Crippen molar-refractivity contribution >= 4 is 35.4 Å². The fourth-order valence-corrected chi connectivity index (χ4v) is 4.84. The molecule has 0 radical (unpaired) electrons. The van der Waals surface area contributed by atoms with Gasteiger partial charge in [-0.15, -0.1) is 16.3 Å². The molecule has 0 bridgehead atoms. The molecule has 0 spiro atoms. The summed E-state index contributed by atoms with van der Waals surface area (Å²) < 4.78 is 8.72. The molecule has 2 aliphatic heterocycles. The average molecular weight is 431 g/mol. The van der Waals surface area contributed by atoms with Crippen molar-refractivity contribution in [1.82, 2.24) is 19.9 Å². The van der Waals surface area contributed by atoms with Gasteiger partial charge in [0.1, 0.15) is 29.8 Å². The van der Waals surface area contributed by atoms with Gasteiger partial charge in [0.05, 0.1) is 17.9 Å². The number of carbonyl (C=O) groups is 3. The van der Waals surface area contributed by atoms with Crippen LogP contribution in [0.1, 0.15) is 20.8 Å². The van der Waals surface area contributed by atoms with Crippen LogP contribution in [0.5, 0.6) is 0 Å². The number of imidazole rings is 1. The molecule has 1 saturated heterocycles. The molecule has 2 aliphatic rings. The number of ether oxygens (including phenoxy) is 1. The van der Waals surface area contributed by atoms with E-state index in [4.69, 9.17) is 4.74 Å². The summed E-state index contributed by atoms with van der Waals surface area (Å²) in [5.41, 5.74) is 0.504. The molecule has 4 heterocycles. The van der Waals surface area contributed by atoms with Crippen molar-refractivity contribution in [3.8, 4) is 0 Å². The number of hydrogen-bond donors (Lipinski definition) is 1. The first-order valence-electron chi connectivity index (χ1n) is 9.35. The summed E-state index contributed by atoms with van der Waals surface area (Å²) in [6, 6.07) is 2.81. The number of carboxylic acids is 1. The largest absolute Gasteiger partial charge is 0.543 e. The standard InChI is InChI=1S/C19H21N5O5S/c1-19(2,3)29-18(28)21-13-15(25)24-14(17(26)27)11(10-30-16(13)24)9-22-7-8-23-12(22)5-4-6-20-23/h4-8,13,16H,9-10H2,1-3H3,(H-,21,26,27,28)/t13-,16-/m1/s1. The number of carbonyl (C=O) groups excluding carboxylic acids is 3. The van der Waals surface area contributed by atoms with Crippen LogP contribution in [-0.2, 0) is 20.9 Å². The molecule has 30 heavy (non-hydrogen) atoms. The monoisotopic (exact) mass is 431 g/mol. The summed E-state index contributed by atoms with van der Waals surface area (Å²) in [5, 5.41) is 18.1. The van der Waals surface area contributed by atoms with Crippen LogP contribution >= 0.6 is 11.8 Å². The number of carboxylic acid groups (broad SMARTS) is 1. The second-order valence-corrected chi connectivity index (χ2v) is 9.13. The number of fused-ring (bicyclic) bond motifs is 2. The number of nitrogens with one attached hydrogen (secondary N) is 1. The van der Waals surface area contributed by atoms with Gasteiger partial charge in [0.25, 0.3) is 5.91 Å². The molecule has 4 rings (SSSR count). The first-order valence-corrected chi connectivity index (χ1v) is 10.4. The Labute approximate surface area is 176 Å². The fraction of sp³-hybridized carbons (Fsp3) is 0.421. The van der Waals surface area contributed by atoms with Gasteiger partial charge in [0.15, 0.2) is 6.20 Å². The molecule has 2 aromatic rings. The number of nitrogens with zero attached hydrogens (tertiary/aromatic N) is 4. The van der Waals surface area contributed by atoms with E-state index in [2.05, 4.69) is 10.4 Å². The topological polar surface area (TPSA) is 121 Å². The number of thioether (sulfide) groups is 1. The van der Waals surface area contributed by atoms with Crippen LogP contribution in [0.15, 0.2) is 42.0 Å². The van der Waals surface area contributed by atoms with Gasteiger partial charge in [-0.2, -0.15) is 0 Å². The highest BCUT2D eigenvalue weighted by Crippen LogP contribution is 2.40. The maximum absolute atomic E-state index is 12.7. The number of alkyl carbamates (subject to hydrolysis) is 1. The highest BCUT2D eigenvalue weighted by molar-refractivity contribution is 8.00. The van der Waals surface area contributed by atoms with Gasteiger partial charge in [0, 0.05) is 17.4 Å². The fourth-order valence-electron chi connectivity index (χ4n) is 3.50.